The van der Waals surface area contributed by atoms with Crippen molar-refractivity contribution in [2.75, 3.05) is 0 Å². The van der Waals surface area contributed by atoms with Gasteiger partial charge in [0.1, 0.15) is 6.10 Å². The highest BCUT2D eigenvalue weighted by atomic mass is 35.5. The van der Waals surface area contributed by atoms with Crippen LogP contribution in [0.3, 0.4) is 0 Å². The van der Waals surface area contributed by atoms with Crippen LogP contribution in [0.1, 0.15) is 44.6 Å². The molecular formula is C20H25ClN2O3S. The summed E-state index contributed by atoms with van der Waals surface area (Å²) in [5.74, 6) is 0.551. The highest BCUT2D eigenvalue weighted by Gasteiger charge is 2.26. The fourth-order valence-corrected chi connectivity index (χ4v) is 4.73. The molecule has 1 saturated carbocycles. The Morgan fingerprint density at radius 3 is 2.41 bits per heavy atom. The maximum atomic E-state index is 12.6. The molecule has 1 aliphatic carbocycles. The molecule has 1 aromatic heterocycles. The number of halogens is 1. The first kappa shape index (κ1) is 20.1. The largest absolute Gasteiger partial charge is 0.474 e. The van der Waals surface area contributed by atoms with Gasteiger partial charge < -0.3 is 4.74 Å². The lowest BCUT2D eigenvalue weighted by Gasteiger charge is -2.29. The third-order valence-corrected chi connectivity index (χ3v) is 6.52. The van der Waals surface area contributed by atoms with Crippen molar-refractivity contribution in [1.82, 2.24) is 9.71 Å². The van der Waals surface area contributed by atoms with Crippen LogP contribution < -0.4 is 9.46 Å². The molecule has 1 N–H and O–H groups in total. The van der Waals surface area contributed by atoms with Gasteiger partial charge in [-0.3, -0.25) is 0 Å². The van der Waals surface area contributed by atoms with Crippen LogP contribution in [0.15, 0.2) is 47.5 Å². The van der Waals surface area contributed by atoms with E-state index < -0.39 is 10.0 Å². The molecule has 0 saturated heterocycles. The zero-order valence-corrected chi connectivity index (χ0v) is 17.0. The highest BCUT2D eigenvalue weighted by Crippen LogP contribution is 2.25. The lowest BCUT2D eigenvalue weighted by Crippen LogP contribution is -2.39. The molecule has 146 valence electrons. The van der Waals surface area contributed by atoms with Gasteiger partial charge in [-0.05, 0) is 55.9 Å². The molecule has 5 nitrogen and oxygen atoms in total. The van der Waals surface area contributed by atoms with Crippen LogP contribution in [0, 0.1) is 0 Å². The van der Waals surface area contributed by atoms with Crippen molar-refractivity contribution in [2.45, 2.75) is 62.5 Å². The number of ether oxygens (including phenoxy) is 1. The van der Waals surface area contributed by atoms with Crippen LogP contribution in [0.25, 0.3) is 0 Å². The summed E-state index contributed by atoms with van der Waals surface area (Å²) < 4.78 is 33.9. The van der Waals surface area contributed by atoms with E-state index in [0.29, 0.717) is 15.8 Å². The predicted octanol–water partition coefficient (Wildman–Crippen LogP) is 4.36. The molecule has 1 fully saturated rings. The first-order valence-electron chi connectivity index (χ1n) is 9.36. The van der Waals surface area contributed by atoms with Gasteiger partial charge in [0, 0.05) is 18.3 Å². The van der Waals surface area contributed by atoms with Gasteiger partial charge in [-0.1, -0.05) is 37.1 Å². The minimum absolute atomic E-state index is 0.0488. The molecular weight excluding hydrogens is 384 g/mol. The van der Waals surface area contributed by atoms with Gasteiger partial charge in [-0.2, -0.15) is 0 Å². The summed E-state index contributed by atoms with van der Waals surface area (Å²) in [5, 5.41) is 0.572. The van der Waals surface area contributed by atoms with E-state index in [1.165, 1.54) is 0 Å². The van der Waals surface area contributed by atoms with Gasteiger partial charge in [0.15, 0.2) is 0 Å². The van der Waals surface area contributed by atoms with Gasteiger partial charge in [-0.15, -0.1) is 0 Å². The van der Waals surface area contributed by atoms with Crippen molar-refractivity contribution in [3.05, 3.63) is 53.2 Å². The first-order chi connectivity index (χ1) is 13.0. The molecule has 0 aliphatic heterocycles. The van der Waals surface area contributed by atoms with Crippen molar-refractivity contribution in [2.24, 2.45) is 0 Å². The van der Waals surface area contributed by atoms with E-state index in [-0.39, 0.29) is 12.1 Å². The third kappa shape index (κ3) is 5.67. The van der Waals surface area contributed by atoms with E-state index in [9.17, 15) is 8.42 Å². The van der Waals surface area contributed by atoms with Crippen LogP contribution in [0.4, 0.5) is 0 Å². The zero-order chi connectivity index (χ0) is 19.3. The van der Waals surface area contributed by atoms with Crippen LogP contribution in [-0.2, 0) is 16.4 Å². The Balaban J connectivity index is 1.52. The first-order valence-corrected chi connectivity index (χ1v) is 11.2. The van der Waals surface area contributed by atoms with Gasteiger partial charge in [0.05, 0.1) is 9.92 Å². The maximum absolute atomic E-state index is 12.6. The zero-order valence-electron chi connectivity index (χ0n) is 15.4. The summed E-state index contributed by atoms with van der Waals surface area (Å²) >= 11 is 5.83. The van der Waals surface area contributed by atoms with E-state index in [1.54, 1.807) is 30.5 Å². The van der Waals surface area contributed by atoms with Crippen molar-refractivity contribution in [3.8, 4) is 5.88 Å². The fourth-order valence-electron chi connectivity index (χ4n) is 3.31. The molecule has 0 radical (unpaired) electrons. The van der Waals surface area contributed by atoms with Crippen molar-refractivity contribution >= 4 is 21.6 Å². The smallest absolute Gasteiger partial charge is 0.240 e. The summed E-state index contributed by atoms with van der Waals surface area (Å²) in [7, 11) is -3.49. The third-order valence-electron chi connectivity index (χ3n) is 4.76. The number of nitrogens with zero attached hydrogens (tertiary/aromatic N) is 1. The number of aromatic nitrogens is 1. The Morgan fingerprint density at radius 2 is 1.81 bits per heavy atom. The summed E-state index contributed by atoms with van der Waals surface area (Å²) in [6, 6.07) is 10.6. The molecule has 27 heavy (non-hydrogen) atoms. The normalized spacial score (nSPS) is 20.4. The monoisotopic (exact) mass is 408 g/mol. The van der Waals surface area contributed by atoms with Crippen molar-refractivity contribution in [1.29, 1.82) is 0 Å². The van der Waals surface area contributed by atoms with E-state index >= 15 is 0 Å². The Hall–Kier alpha value is -1.63. The van der Waals surface area contributed by atoms with E-state index in [2.05, 4.69) is 16.6 Å². The Bertz CT molecular complexity index is 831. The molecule has 2 aromatic rings. The molecule has 0 atom stereocenters. The average molecular weight is 409 g/mol. The molecule has 7 heteroatoms. The number of aryl methyl sites for hydroxylation is 1. The molecule has 0 bridgehead atoms. The van der Waals surface area contributed by atoms with Crippen LogP contribution in [0.5, 0.6) is 5.88 Å². The SMILES string of the molecule is CCCc1ccc(S(=O)(=O)NC2CCC(Oc3ccc(Cl)cn3)CC2)cc1. The number of pyridine rings is 1. The predicted molar refractivity (Wildman–Crippen MR) is 107 cm³/mol. The van der Waals surface area contributed by atoms with Crippen LogP contribution in [-0.4, -0.2) is 25.5 Å². The number of rotatable bonds is 7. The fraction of sp³-hybridized carbons (Fsp3) is 0.450. The standard InChI is InChI=1S/C20H25ClN2O3S/c1-2-3-15-4-11-19(12-5-15)27(24,25)23-17-7-9-18(10-8-17)26-20-13-6-16(21)14-22-20/h4-6,11-14,17-18,23H,2-3,7-10H2,1H3. The number of sulfonamides is 1. The summed E-state index contributed by atoms with van der Waals surface area (Å²) in [4.78, 5) is 4.47. The minimum atomic E-state index is -3.49. The summed E-state index contributed by atoms with van der Waals surface area (Å²) in [6.45, 7) is 2.11. The van der Waals surface area contributed by atoms with E-state index in [4.69, 9.17) is 16.3 Å². The van der Waals surface area contributed by atoms with Gasteiger partial charge >= 0.3 is 0 Å². The molecule has 0 amide bonds. The van der Waals surface area contributed by atoms with Crippen molar-refractivity contribution < 1.29 is 13.2 Å². The van der Waals surface area contributed by atoms with E-state index in [1.807, 2.05) is 12.1 Å². The van der Waals surface area contributed by atoms with Crippen LogP contribution >= 0.6 is 11.6 Å². The van der Waals surface area contributed by atoms with Gasteiger partial charge in [0.2, 0.25) is 15.9 Å². The Labute approximate surface area is 166 Å². The molecule has 0 unspecified atom stereocenters. The highest BCUT2D eigenvalue weighted by molar-refractivity contribution is 7.89. The molecule has 3 rings (SSSR count). The second kappa shape index (κ2) is 9.04. The molecule has 1 aliphatic rings. The summed E-state index contributed by atoms with van der Waals surface area (Å²) in [5.41, 5.74) is 1.16. The molecule has 1 heterocycles. The topological polar surface area (TPSA) is 68.3 Å². The number of hydrogen-bond donors (Lipinski definition) is 1. The number of hydrogen-bond acceptors (Lipinski definition) is 4. The van der Waals surface area contributed by atoms with Gasteiger partial charge in [-0.25, -0.2) is 18.1 Å². The number of nitrogens with one attached hydrogen (secondary N) is 1. The lowest BCUT2D eigenvalue weighted by molar-refractivity contribution is 0.138. The lowest BCUT2D eigenvalue weighted by atomic mass is 9.94. The van der Waals surface area contributed by atoms with Crippen LogP contribution in [0.2, 0.25) is 5.02 Å². The number of benzene rings is 1. The van der Waals surface area contributed by atoms with Crippen molar-refractivity contribution in [3.63, 3.8) is 0 Å². The average Bonchev–Trinajstić information content (AvgIpc) is 2.66. The van der Waals surface area contributed by atoms with E-state index in [0.717, 1.165) is 44.1 Å². The second-order valence-electron chi connectivity index (χ2n) is 6.92. The minimum Gasteiger partial charge on any atom is -0.474 e. The quantitative estimate of drug-likeness (QED) is 0.739. The molecule has 0 spiro atoms. The Kier molecular flexibility index (Phi) is 6.73. The molecule has 1 aromatic carbocycles. The Morgan fingerprint density at radius 1 is 1.11 bits per heavy atom. The second-order valence-corrected chi connectivity index (χ2v) is 9.07. The maximum Gasteiger partial charge on any atom is 0.240 e. The van der Waals surface area contributed by atoms with Gasteiger partial charge in [0.25, 0.3) is 0 Å². The summed E-state index contributed by atoms with van der Waals surface area (Å²) in [6.07, 6.45) is 6.66.